The van der Waals surface area contributed by atoms with Crippen LogP contribution < -0.4 is 10.2 Å². The van der Waals surface area contributed by atoms with Gasteiger partial charge < -0.3 is 4.74 Å². The van der Waals surface area contributed by atoms with Gasteiger partial charge in [-0.25, -0.2) is 0 Å². The van der Waals surface area contributed by atoms with E-state index in [1.54, 1.807) is 7.11 Å². The van der Waals surface area contributed by atoms with Gasteiger partial charge in [-0.1, -0.05) is 36.4 Å². The summed E-state index contributed by atoms with van der Waals surface area (Å²) in [6.45, 7) is 0.457. The van der Waals surface area contributed by atoms with Gasteiger partial charge in [-0.3, -0.25) is 10.3 Å². The lowest BCUT2D eigenvalue weighted by Crippen LogP contribution is -2.02. The van der Waals surface area contributed by atoms with Crippen LogP contribution in [0, 0.1) is 0 Å². The summed E-state index contributed by atoms with van der Waals surface area (Å²) in [4.78, 5) is 5.42. The van der Waals surface area contributed by atoms with Crippen LogP contribution in [-0.2, 0) is 11.4 Å². The lowest BCUT2D eigenvalue weighted by molar-refractivity contribution is 0.177. The predicted molar refractivity (Wildman–Crippen MR) is 67.8 cm³/mol. The van der Waals surface area contributed by atoms with Crippen molar-refractivity contribution in [2.75, 3.05) is 12.6 Å². The van der Waals surface area contributed by atoms with Gasteiger partial charge in [0.1, 0.15) is 12.4 Å². The number of nitrogens with one attached hydrogen (secondary N) is 1. The minimum Gasteiger partial charge on any atom is -0.496 e. The number of hydrogen-bond donors (Lipinski definition) is 1. The van der Waals surface area contributed by atoms with Crippen molar-refractivity contribution in [3.8, 4) is 5.75 Å². The van der Waals surface area contributed by atoms with Gasteiger partial charge >= 0.3 is 0 Å². The molecule has 0 saturated heterocycles. The minimum absolute atomic E-state index is 0.457. The van der Waals surface area contributed by atoms with Gasteiger partial charge in [0.15, 0.2) is 0 Å². The molecule has 2 rings (SSSR count). The van der Waals surface area contributed by atoms with Crippen molar-refractivity contribution < 1.29 is 9.57 Å². The highest BCUT2D eigenvalue weighted by Gasteiger charge is 2.01. The molecule has 0 atom stereocenters. The van der Waals surface area contributed by atoms with Crippen molar-refractivity contribution in [3.05, 3.63) is 60.2 Å². The van der Waals surface area contributed by atoms with Gasteiger partial charge in [0.25, 0.3) is 0 Å². The third-order valence-electron chi connectivity index (χ3n) is 2.38. The number of para-hydroxylation sites is 2. The molecule has 3 heteroatoms. The first kappa shape index (κ1) is 11.5. The van der Waals surface area contributed by atoms with Gasteiger partial charge in [0.05, 0.1) is 12.8 Å². The van der Waals surface area contributed by atoms with Crippen LogP contribution in [0.3, 0.4) is 0 Å². The van der Waals surface area contributed by atoms with Gasteiger partial charge in [0, 0.05) is 5.56 Å². The third kappa shape index (κ3) is 3.23. The van der Waals surface area contributed by atoms with Crippen molar-refractivity contribution in [1.82, 2.24) is 0 Å². The van der Waals surface area contributed by atoms with E-state index in [4.69, 9.17) is 9.57 Å². The molecule has 0 radical (unpaired) electrons. The Morgan fingerprint density at radius 2 is 1.65 bits per heavy atom. The summed E-state index contributed by atoms with van der Waals surface area (Å²) in [5.74, 6) is 0.836. The summed E-state index contributed by atoms with van der Waals surface area (Å²) in [5.41, 5.74) is 4.83. The second-order valence-electron chi connectivity index (χ2n) is 3.57. The first-order valence-electron chi connectivity index (χ1n) is 5.45. The van der Waals surface area contributed by atoms with E-state index in [0.717, 1.165) is 17.0 Å². The molecule has 0 fully saturated rings. The van der Waals surface area contributed by atoms with E-state index in [-0.39, 0.29) is 0 Å². The zero-order chi connectivity index (χ0) is 11.9. The number of anilines is 1. The molecule has 0 spiro atoms. The highest BCUT2D eigenvalue weighted by Crippen LogP contribution is 2.18. The fourth-order valence-corrected chi connectivity index (χ4v) is 1.53. The maximum absolute atomic E-state index is 5.42. The molecular formula is C14H15NO2. The molecule has 3 nitrogen and oxygen atoms in total. The molecule has 2 aromatic carbocycles. The maximum atomic E-state index is 5.42. The fourth-order valence-electron chi connectivity index (χ4n) is 1.53. The first-order chi connectivity index (χ1) is 8.40. The zero-order valence-electron chi connectivity index (χ0n) is 9.72. The quantitative estimate of drug-likeness (QED) is 0.798. The zero-order valence-corrected chi connectivity index (χ0v) is 9.72. The molecule has 1 N–H and O–H groups in total. The number of rotatable bonds is 5. The number of hydrogen-bond acceptors (Lipinski definition) is 3. The van der Waals surface area contributed by atoms with Gasteiger partial charge in [-0.05, 0) is 18.2 Å². The lowest BCUT2D eigenvalue weighted by Gasteiger charge is -2.09. The summed E-state index contributed by atoms with van der Waals surface area (Å²) in [6, 6.07) is 17.6. The Morgan fingerprint density at radius 3 is 2.41 bits per heavy atom. The molecule has 0 aliphatic heterocycles. The summed E-state index contributed by atoms with van der Waals surface area (Å²) in [5, 5.41) is 0. The number of benzene rings is 2. The Hall–Kier alpha value is -2.00. The molecule has 88 valence electrons. The summed E-state index contributed by atoms with van der Waals surface area (Å²) >= 11 is 0. The van der Waals surface area contributed by atoms with Crippen LogP contribution in [0.25, 0.3) is 0 Å². The maximum Gasteiger partial charge on any atom is 0.124 e. The van der Waals surface area contributed by atoms with Crippen molar-refractivity contribution in [2.24, 2.45) is 0 Å². The minimum atomic E-state index is 0.457. The van der Waals surface area contributed by atoms with E-state index < -0.39 is 0 Å². The van der Waals surface area contributed by atoms with Gasteiger partial charge in [-0.2, -0.15) is 0 Å². The van der Waals surface area contributed by atoms with Gasteiger partial charge in [-0.15, -0.1) is 0 Å². The third-order valence-corrected chi connectivity index (χ3v) is 2.38. The molecule has 0 bridgehead atoms. The van der Waals surface area contributed by atoms with Crippen LogP contribution in [0.15, 0.2) is 54.6 Å². The molecule has 0 amide bonds. The van der Waals surface area contributed by atoms with Crippen molar-refractivity contribution in [2.45, 2.75) is 6.61 Å². The smallest absolute Gasteiger partial charge is 0.124 e. The molecular weight excluding hydrogens is 214 g/mol. The summed E-state index contributed by atoms with van der Waals surface area (Å²) in [6.07, 6.45) is 0. The van der Waals surface area contributed by atoms with Crippen LogP contribution >= 0.6 is 0 Å². The number of ether oxygens (including phenoxy) is 1. The highest BCUT2D eigenvalue weighted by molar-refractivity contribution is 5.40. The highest BCUT2D eigenvalue weighted by atomic mass is 16.6. The molecule has 0 unspecified atom stereocenters. The SMILES string of the molecule is COc1ccccc1CONc1ccccc1. The average molecular weight is 229 g/mol. The van der Waals surface area contributed by atoms with Crippen LogP contribution in [0.2, 0.25) is 0 Å². The Bertz CT molecular complexity index is 457. The van der Waals surface area contributed by atoms with Crippen LogP contribution in [-0.4, -0.2) is 7.11 Å². The van der Waals surface area contributed by atoms with Crippen LogP contribution in [0.5, 0.6) is 5.75 Å². The van der Waals surface area contributed by atoms with Crippen molar-refractivity contribution in [1.29, 1.82) is 0 Å². The van der Waals surface area contributed by atoms with E-state index in [1.165, 1.54) is 0 Å². The predicted octanol–water partition coefficient (Wildman–Crippen LogP) is 3.24. The molecule has 0 saturated carbocycles. The molecule has 17 heavy (non-hydrogen) atoms. The van der Waals surface area contributed by atoms with Crippen molar-refractivity contribution >= 4 is 5.69 Å². The Morgan fingerprint density at radius 1 is 0.941 bits per heavy atom. The molecule has 0 heterocycles. The fraction of sp³-hybridized carbons (Fsp3) is 0.143. The normalized spacial score (nSPS) is 9.94. The Balaban J connectivity index is 1.90. The van der Waals surface area contributed by atoms with Gasteiger partial charge in [0.2, 0.25) is 0 Å². The first-order valence-corrected chi connectivity index (χ1v) is 5.45. The standard InChI is InChI=1S/C14H15NO2/c1-16-14-10-6-5-7-12(14)11-17-15-13-8-3-2-4-9-13/h2-10,15H,11H2,1H3. The number of methoxy groups -OCH3 is 1. The van der Waals surface area contributed by atoms with E-state index in [1.807, 2.05) is 54.6 Å². The summed E-state index contributed by atoms with van der Waals surface area (Å²) in [7, 11) is 1.66. The van der Waals surface area contributed by atoms with Crippen molar-refractivity contribution in [3.63, 3.8) is 0 Å². The van der Waals surface area contributed by atoms with E-state index in [2.05, 4.69) is 5.48 Å². The van der Waals surface area contributed by atoms with E-state index in [0.29, 0.717) is 6.61 Å². The largest absolute Gasteiger partial charge is 0.496 e. The lowest BCUT2D eigenvalue weighted by atomic mass is 10.2. The average Bonchev–Trinajstić information content (AvgIpc) is 2.40. The molecule has 0 aromatic heterocycles. The summed E-state index contributed by atoms with van der Waals surface area (Å²) < 4.78 is 5.24. The monoisotopic (exact) mass is 229 g/mol. The second-order valence-corrected chi connectivity index (χ2v) is 3.57. The van der Waals surface area contributed by atoms with E-state index >= 15 is 0 Å². The molecule has 0 aliphatic carbocycles. The van der Waals surface area contributed by atoms with Crippen LogP contribution in [0.4, 0.5) is 5.69 Å². The van der Waals surface area contributed by atoms with E-state index in [9.17, 15) is 0 Å². The second kappa shape index (κ2) is 5.92. The van der Waals surface area contributed by atoms with Crippen LogP contribution in [0.1, 0.15) is 5.56 Å². The molecule has 0 aliphatic rings. The molecule has 2 aromatic rings. The topological polar surface area (TPSA) is 30.5 Å². The Labute approximate surface area is 101 Å². The Kier molecular flexibility index (Phi) is 4.00.